The molecule has 1 aromatic heterocycles. The molecule has 1 heterocycles. The maximum absolute atomic E-state index is 12.7. The molecule has 128 valence electrons. The first kappa shape index (κ1) is 17.5. The molecule has 1 saturated carbocycles. The van der Waals surface area contributed by atoms with Crippen molar-refractivity contribution in [3.63, 3.8) is 0 Å². The number of carbonyl (C=O) groups excluding carboxylic acids is 2. The lowest BCUT2D eigenvalue weighted by Gasteiger charge is -2.39. The van der Waals surface area contributed by atoms with E-state index in [0.29, 0.717) is 19.3 Å². The van der Waals surface area contributed by atoms with E-state index >= 15 is 0 Å². The summed E-state index contributed by atoms with van der Waals surface area (Å²) in [5, 5.41) is 2.56. The van der Waals surface area contributed by atoms with Crippen LogP contribution in [0.2, 0.25) is 0 Å². The van der Waals surface area contributed by atoms with E-state index in [1.54, 1.807) is 19.4 Å². The topological polar surface area (TPSA) is 84.5 Å². The van der Waals surface area contributed by atoms with Crippen LogP contribution in [0.4, 0.5) is 0 Å². The van der Waals surface area contributed by atoms with E-state index in [1.165, 1.54) is 11.4 Å². The van der Waals surface area contributed by atoms with E-state index < -0.39 is 0 Å². The lowest BCUT2D eigenvalue weighted by molar-refractivity contribution is -0.171. The molecule has 2 rings (SSSR count). The Morgan fingerprint density at radius 2 is 2.00 bits per heavy atom. The van der Waals surface area contributed by atoms with Crippen molar-refractivity contribution in [3.8, 4) is 0 Å². The van der Waals surface area contributed by atoms with Crippen molar-refractivity contribution in [1.29, 1.82) is 0 Å². The monoisotopic (exact) mass is 321 g/mol. The van der Waals surface area contributed by atoms with Crippen LogP contribution < -0.4 is 5.84 Å². The first-order valence-electron chi connectivity index (χ1n) is 8.48. The van der Waals surface area contributed by atoms with Gasteiger partial charge in [0.15, 0.2) is 0 Å². The zero-order valence-electron chi connectivity index (χ0n) is 13.9. The first-order valence-corrected chi connectivity index (χ1v) is 8.48. The third-order valence-electron chi connectivity index (χ3n) is 4.33. The number of nitrogens with two attached hydrogens (primary N) is 1. The quantitative estimate of drug-likeness (QED) is 0.492. The summed E-state index contributed by atoms with van der Waals surface area (Å²) in [6.07, 6.45) is 11.9. The minimum absolute atomic E-state index is 0.0463. The summed E-state index contributed by atoms with van der Waals surface area (Å²) in [5.41, 5.74) is 0. The summed E-state index contributed by atoms with van der Waals surface area (Å²) >= 11 is 0. The van der Waals surface area contributed by atoms with Crippen molar-refractivity contribution < 1.29 is 9.59 Å². The Morgan fingerprint density at radius 1 is 1.26 bits per heavy atom. The summed E-state index contributed by atoms with van der Waals surface area (Å²) in [6.45, 7) is 2.49. The maximum atomic E-state index is 12.7. The van der Waals surface area contributed by atoms with Gasteiger partial charge in [0.05, 0.1) is 12.4 Å². The van der Waals surface area contributed by atoms with Crippen LogP contribution in [0.25, 0.3) is 0 Å². The molecule has 7 nitrogen and oxygen atoms in total. The molecule has 0 saturated heterocycles. The zero-order valence-corrected chi connectivity index (χ0v) is 13.9. The number of aromatic nitrogens is 2. The molecule has 1 aromatic rings. The number of aryl methyl sites for hydroxylation is 1. The van der Waals surface area contributed by atoms with Crippen LogP contribution in [0.5, 0.6) is 0 Å². The van der Waals surface area contributed by atoms with Gasteiger partial charge in [-0.15, -0.1) is 0 Å². The minimum Gasteiger partial charge on any atom is -0.337 e. The lowest BCUT2D eigenvalue weighted by atomic mass is 9.95. The molecular formula is C16H27N5O2. The number of amides is 2. The van der Waals surface area contributed by atoms with Crippen LogP contribution in [-0.4, -0.2) is 37.5 Å². The Morgan fingerprint density at radius 3 is 2.61 bits per heavy atom. The molecule has 0 radical (unpaired) electrons. The van der Waals surface area contributed by atoms with Crippen molar-refractivity contribution in [2.75, 3.05) is 0 Å². The standard InChI is InChI=1S/C16H27N5O2/c1-2-15(22)21(17)20(14-7-4-3-5-8-14)16(23)9-6-11-19-12-10-18-13-19/h10,12-14H,2-9,11,17H2,1H3. The number of nitrogens with zero attached hydrogens (tertiary/aromatic N) is 4. The summed E-state index contributed by atoms with van der Waals surface area (Å²) < 4.78 is 1.94. The lowest BCUT2D eigenvalue weighted by Crippen LogP contribution is -2.58. The smallest absolute Gasteiger partial charge is 0.255 e. The van der Waals surface area contributed by atoms with E-state index in [9.17, 15) is 9.59 Å². The average Bonchev–Trinajstić information content (AvgIpc) is 3.08. The van der Waals surface area contributed by atoms with E-state index in [2.05, 4.69) is 4.98 Å². The highest BCUT2D eigenvalue weighted by Crippen LogP contribution is 2.24. The second-order valence-corrected chi connectivity index (χ2v) is 6.03. The van der Waals surface area contributed by atoms with Gasteiger partial charge < -0.3 is 4.57 Å². The highest BCUT2D eigenvalue weighted by Gasteiger charge is 2.30. The molecular weight excluding hydrogens is 294 g/mol. The second-order valence-electron chi connectivity index (χ2n) is 6.03. The molecule has 1 aliphatic carbocycles. The molecule has 0 spiro atoms. The molecule has 0 atom stereocenters. The van der Waals surface area contributed by atoms with Gasteiger partial charge in [-0.1, -0.05) is 26.2 Å². The average molecular weight is 321 g/mol. The van der Waals surface area contributed by atoms with Gasteiger partial charge in [-0.25, -0.2) is 15.8 Å². The largest absolute Gasteiger partial charge is 0.337 e. The first-order chi connectivity index (χ1) is 11.1. The molecule has 0 unspecified atom stereocenters. The zero-order chi connectivity index (χ0) is 16.7. The fraction of sp³-hybridized carbons (Fsp3) is 0.688. The third kappa shape index (κ3) is 4.79. The van der Waals surface area contributed by atoms with Crippen LogP contribution in [0, 0.1) is 0 Å². The van der Waals surface area contributed by atoms with Gasteiger partial charge >= 0.3 is 0 Å². The van der Waals surface area contributed by atoms with Crippen LogP contribution >= 0.6 is 0 Å². The molecule has 1 aliphatic rings. The van der Waals surface area contributed by atoms with E-state index in [0.717, 1.165) is 37.3 Å². The molecule has 1 fully saturated rings. The van der Waals surface area contributed by atoms with Gasteiger partial charge in [0.25, 0.3) is 5.91 Å². The molecule has 0 aliphatic heterocycles. The Balaban J connectivity index is 1.96. The maximum Gasteiger partial charge on any atom is 0.255 e. The molecule has 7 heteroatoms. The molecule has 2 N–H and O–H groups in total. The van der Waals surface area contributed by atoms with Crippen molar-refractivity contribution in [2.24, 2.45) is 5.84 Å². The van der Waals surface area contributed by atoms with Gasteiger partial charge in [-0.3, -0.25) is 9.59 Å². The van der Waals surface area contributed by atoms with Crippen molar-refractivity contribution >= 4 is 11.8 Å². The number of hydrazine groups is 2. The molecule has 0 bridgehead atoms. The number of carbonyl (C=O) groups is 2. The highest BCUT2D eigenvalue weighted by atomic mass is 16.2. The number of rotatable bonds is 6. The number of hydrogen-bond acceptors (Lipinski definition) is 4. The van der Waals surface area contributed by atoms with Crippen molar-refractivity contribution in [2.45, 2.75) is 70.9 Å². The predicted molar refractivity (Wildman–Crippen MR) is 86.5 cm³/mol. The predicted octanol–water partition coefficient (Wildman–Crippen LogP) is 1.85. The van der Waals surface area contributed by atoms with E-state index in [-0.39, 0.29) is 17.9 Å². The highest BCUT2D eigenvalue weighted by molar-refractivity contribution is 5.81. The fourth-order valence-corrected chi connectivity index (χ4v) is 3.05. The fourth-order valence-electron chi connectivity index (χ4n) is 3.05. The summed E-state index contributed by atoms with van der Waals surface area (Å²) in [6, 6.07) is 0.0463. The van der Waals surface area contributed by atoms with E-state index in [4.69, 9.17) is 5.84 Å². The Hall–Kier alpha value is -1.89. The van der Waals surface area contributed by atoms with Gasteiger partial charge in [0.2, 0.25) is 5.91 Å². The number of imidazole rings is 1. The van der Waals surface area contributed by atoms with Crippen molar-refractivity contribution in [3.05, 3.63) is 18.7 Å². The second kappa shape index (κ2) is 8.67. The normalized spacial score (nSPS) is 15.4. The SMILES string of the molecule is CCC(=O)N(N)N(C(=O)CCCn1ccnc1)C1CCCCC1. The number of hydrogen-bond donors (Lipinski definition) is 1. The Labute approximate surface area is 137 Å². The Kier molecular flexibility index (Phi) is 6.58. The third-order valence-corrected chi connectivity index (χ3v) is 4.33. The van der Waals surface area contributed by atoms with E-state index in [1.807, 2.05) is 10.8 Å². The summed E-state index contributed by atoms with van der Waals surface area (Å²) in [5.74, 6) is 5.65. The molecule has 23 heavy (non-hydrogen) atoms. The minimum atomic E-state index is -0.224. The van der Waals surface area contributed by atoms with Crippen molar-refractivity contribution in [1.82, 2.24) is 19.7 Å². The van der Waals surface area contributed by atoms with Gasteiger partial charge in [-0.2, -0.15) is 5.12 Å². The molecule has 2 amide bonds. The van der Waals surface area contributed by atoms with Crippen LogP contribution in [-0.2, 0) is 16.1 Å². The summed E-state index contributed by atoms with van der Waals surface area (Å²) in [7, 11) is 0. The van der Waals surface area contributed by atoms with Gasteiger partial charge in [0, 0.05) is 31.8 Å². The van der Waals surface area contributed by atoms with Crippen LogP contribution in [0.15, 0.2) is 18.7 Å². The van der Waals surface area contributed by atoms with Gasteiger partial charge in [-0.05, 0) is 19.3 Å². The van der Waals surface area contributed by atoms with Gasteiger partial charge in [0.1, 0.15) is 0 Å². The molecule has 0 aromatic carbocycles. The summed E-state index contributed by atoms with van der Waals surface area (Å²) in [4.78, 5) is 28.6. The Bertz CT molecular complexity index is 497. The van der Waals surface area contributed by atoms with Crippen LogP contribution in [0.1, 0.15) is 58.3 Å². The van der Waals surface area contributed by atoms with Crippen LogP contribution in [0.3, 0.4) is 0 Å².